The van der Waals surface area contributed by atoms with Crippen molar-refractivity contribution in [1.82, 2.24) is 9.71 Å². The van der Waals surface area contributed by atoms with E-state index in [0.717, 1.165) is 10.0 Å². The lowest BCUT2D eigenvalue weighted by Crippen LogP contribution is -2.27. The normalized spacial score (nSPS) is 13.2. The van der Waals surface area contributed by atoms with Crippen LogP contribution in [0.25, 0.3) is 0 Å². The Kier molecular flexibility index (Phi) is 4.57. The number of aryl methyl sites for hydroxylation is 1. The van der Waals surface area contributed by atoms with Crippen LogP contribution in [0.1, 0.15) is 24.1 Å². The second kappa shape index (κ2) is 6.03. The van der Waals surface area contributed by atoms with E-state index < -0.39 is 10.0 Å². The number of hydrogen-bond donors (Lipinski definition) is 1. The Bertz CT molecular complexity index is 702. The maximum atomic E-state index is 12.4. The topological polar surface area (TPSA) is 59.1 Å². The predicted molar refractivity (Wildman–Crippen MR) is 81.9 cm³/mol. The number of sulfonamides is 1. The number of nitrogens with zero attached hydrogens (tertiary/aromatic N) is 1. The second-order valence-corrected chi connectivity index (χ2v) is 7.13. The molecular formula is C14H15BrN2O2S. The summed E-state index contributed by atoms with van der Waals surface area (Å²) in [6.07, 6.45) is 3.29. The van der Waals surface area contributed by atoms with Gasteiger partial charge in [-0.2, -0.15) is 0 Å². The molecular weight excluding hydrogens is 340 g/mol. The van der Waals surface area contributed by atoms with Gasteiger partial charge in [-0.1, -0.05) is 22.0 Å². The Morgan fingerprint density at radius 1 is 1.20 bits per heavy atom. The molecule has 0 spiro atoms. The van der Waals surface area contributed by atoms with E-state index in [1.54, 1.807) is 50.5 Å². The zero-order valence-corrected chi connectivity index (χ0v) is 13.6. The van der Waals surface area contributed by atoms with Gasteiger partial charge in [-0.25, -0.2) is 13.1 Å². The van der Waals surface area contributed by atoms with Crippen LogP contribution in [0, 0.1) is 6.92 Å². The fourth-order valence-corrected chi connectivity index (χ4v) is 3.89. The van der Waals surface area contributed by atoms with E-state index >= 15 is 0 Å². The van der Waals surface area contributed by atoms with Crippen LogP contribution in [-0.4, -0.2) is 13.4 Å². The third kappa shape index (κ3) is 3.45. The molecule has 0 amide bonds. The van der Waals surface area contributed by atoms with Gasteiger partial charge < -0.3 is 0 Å². The molecule has 4 nitrogen and oxygen atoms in total. The molecule has 0 saturated heterocycles. The summed E-state index contributed by atoms with van der Waals surface area (Å²) in [6.45, 7) is 3.58. The summed E-state index contributed by atoms with van der Waals surface area (Å²) in [5, 5.41) is 0. The van der Waals surface area contributed by atoms with E-state index in [1.165, 1.54) is 0 Å². The van der Waals surface area contributed by atoms with E-state index in [4.69, 9.17) is 0 Å². The van der Waals surface area contributed by atoms with Gasteiger partial charge in [0.2, 0.25) is 10.0 Å². The molecule has 0 fully saturated rings. The molecule has 1 atom stereocenters. The minimum Gasteiger partial charge on any atom is -0.265 e. The van der Waals surface area contributed by atoms with Crippen molar-refractivity contribution in [3.05, 3.63) is 58.3 Å². The maximum Gasteiger partial charge on any atom is 0.241 e. The van der Waals surface area contributed by atoms with Crippen LogP contribution < -0.4 is 4.72 Å². The zero-order chi connectivity index (χ0) is 14.8. The molecule has 0 aliphatic heterocycles. The van der Waals surface area contributed by atoms with Gasteiger partial charge in [-0.3, -0.25) is 4.98 Å². The van der Waals surface area contributed by atoms with Gasteiger partial charge in [0.15, 0.2) is 0 Å². The highest BCUT2D eigenvalue weighted by molar-refractivity contribution is 9.10. The summed E-state index contributed by atoms with van der Waals surface area (Å²) >= 11 is 3.30. The Hall–Kier alpha value is -1.24. The quantitative estimate of drug-likeness (QED) is 0.916. The molecule has 1 N–H and O–H groups in total. The zero-order valence-electron chi connectivity index (χ0n) is 11.2. The fourth-order valence-electron chi connectivity index (χ4n) is 1.88. The first-order chi connectivity index (χ1) is 9.40. The van der Waals surface area contributed by atoms with Crippen LogP contribution >= 0.6 is 15.9 Å². The van der Waals surface area contributed by atoms with E-state index in [2.05, 4.69) is 25.6 Å². The fraction of sp³-hybridized carbons (Fsp3) is 0.214. The lowest BCUT2D eigenvalue weighted by Gasteiger charge is -2.15. The Morgan fingerprint density at radius 2 is 1.85 bits per heavy atom. The molecule has 106 valence electrons. The standard InChI is InChI=1S/C14H15BrN2O2S/c1-10-3-4-13(15)9-14(10)20(18,19)17-11(2)12-5-7-16-8-6-12/h3-9,11,17H,1-2H3. The molecule has 0 bridgehead atoms. The predicted octanol–water partition coefficient (Wildman–Crippen LogP) is 3.19. The van der Waals surface area contributed by atoms with Crippen LogP contribution in [0.5, 0.6) is 0 Å². The third-order valence-electron chi connectivity index (χ3n) is 2.98. The molecule has 1 aromatic heterocycles. The summed E-state index contributed by atoms with van der Waals surface area (Å²) in [5.41, 5.74) is 1.58. The molecule has 1 unspecified atom stereocenters. The van der Waals surface area contributed by atoms with Gasteiger partial charge in [-0.15, -0.1) is 0 Å². The molecule has 1 aromatic carbocycles. The molecule has 0 saturated carbocycles. The average Bonchev–Trinajstić information content (AvgIpc) is 2.42. The average molecular weight is 355 g/mol. The van der Waals surface area contributed by atoms with Crippen LogP contribution in [-0.2, 0) is 10.0 Å². The molecule has 2 rings (SSSR count). The number of aromatic nitrogens is 1. The summed E-state index contributed by atoms with van der Waals surface area (Å²) in [7, 11) is -3.56. The van der Waals surface area contributed by atoms with E-state index in [9.17, 15) is 8.42 Å². The minimum absolute atomic E-state index is 0.285. The number of pyridine rings is 1. The van der Waals surface area contributed by atoms with Gasteiger partial charge >= 0.3 is 0 Å². The van der Waals surface area contributed by atoms with Crippen LogP contribution in [0.4, 0.5) is 0 Å². The van der Waals surface area contributed by atoms with Crippen molar-refractivity contribution in [2.24, 2.45) is 0 Å². The Morgan fingerprint density at radius 3 is 2.50 bits per heavy atom. The third-order valence-corrected chi connectivity index (χ3v) is 5.15. The summed E-state index contributed by atoms with van der Waals surface area (Å²) in [6, 6.07) is 8.47. The number of benzene rings is 1. The van der Waals surface area contributed by atoms with Crippen molar-refractivity contribution in [2.75, 3.05) is 0 Å². The maximum absolute atomic E-state index is 12.4. The van der Waals surface area contributed by atoms with E-state index in [1.807, 2.05) is 6.07 Å². The first-order valence-electron chi connectivity index (χ1n) is 6.08. The van der Waals surface area contributed by atoms with Gasteiger partial charge in [0.05, 0.1) is 4.90 Å². The van der Waals surface area contributed by atoms with Gasteiger partial charge in [0, 0.05) is 22.9 Å². The smallest absolute Gasteiger partial charge is 0.241 e. The van der Waals surface area contributed by atoms with Crippen molar-refractivity contribution < 1.29 is 8.42 Å². The highest BCUT2D eigenvalue weighted by Crippen LogP contribution is 2.22. The largest absolute Gasteiger partial charge is 0.265 e. The molecule has 6 heteroatoms. The van der Waals surface area contributed by atoms with Gasteiger partial charge in [-0.05, 0) is 49.2 Å². The Balaban J connectivity index is 2.30. The molecule has 0 aliphatic rings. The van der Waals surface area contributed by atoms with Crippen molar-refractivity contribution in [1.29, 1.82) is 0 Å². The number of halogens is 1. The van der Waals surface area contributed by atoms with E-state index in [-0.39, 0.29) is 10.9 Å². The van der Waals surface area contributed by atoms with Crippen LogP contribution in [0.3, 0.4) is 0 Å². The van der Waals surface area contributed by atoms with Crippen LogP contribution in [0.15, 0.2) is 52.1 Å². The van der Waals surface area contributed by atoms with Crippen molar-refractivity contribution in [2.45, 2.75) is 24.8 Å². The SMILES string of the molecule is Cc1ccc(Br)cc1S(=O)(=O)NC(C)c1ccncc1. The van der Waals surface area contributed by atoms with Gasteiger partial charge in [0.1, 0.15) is 0 Å². The monoisotopic (exact) mass is 354 g/mol. The molecule has 0 aliphatic carbocycles. The van der Waals surface area contributed by atoms with Crippen LogP contribution in [0.2, 0.25) is 0 Å². The highest BCUT2D eigenvalue weighted by Gasteiger charge is 2.20. The number of rotatable bonds is 4. The number of nitrogens with one attached hydrogen (secondary N) is 1. The second-order valence-electron chi connectivity index (χ2n) is 4.53. The van der Waals surface area contributed by atoms with E-state index in [0.29, 0.717) is 5.56 Å². The van der Waals surface area contributed by atoms with Crippen molar-refractivity contribution >= 4 is 26.0 Å². The first-order valence-corrected chi connectivity index (χ1v) is 8.36. The van der Waals surface area contributed by atoms with Gasteiger partial charge in [0.25, 0.3) is 0 Å². The van der Waals surface area contributed by atoms with Crippen molar-refractivity contribution in [3.63, 3.8) is 0 Å². The lowest BCUT2D eigenvalue weighted by molar-refractivity contribution is 0.566. The lowest BCUT2D eigenvalue weighted by atomic mass is 10.1. The summed E-state index contributed by atoms with van der Waals surface area (Å²) in [4.78, 5) is 4.21. The Labute approximate surface area is 127 Å². The highest BCUT2D eigenvalue weighted by atomic mass is 79.9. The molecule has 2 aromatic rings. The summed E-state index contributed by atoms with van der Waals surface area (Å²) < 4.78 is 28.3. The van der Waals surface area contributed by atoms with Crippen molar-refractivity contribution in [3.8, 4) is 0 Å². The summed E-state index contributed by atoms with van der Waals surface area (Å²) in [5.74, 6) is 0. The molecule has 20 heavy (non-hydrogen) atoms. The molecule has 0 radical (unpaired) electrons. The minimum atomic E-state index is -3.56. The first kappa shape index (κ1) is 15.2. The number of hydrogen-bond acceptors (Lipinski definition) is 3. The molecule has 1 heterocycles.